The molecule has 0 aliphatic rings. The molecule has 2 nitrogen and oxygen atoms in total. The number of ketones is 1. The normalized spacial score (nSPS) is 12.9. The molecule has 0 heterocycles. The second-order valence-electron chi connectivity index (χ2n) is 6.44. The Morgan fingerprint density at radius 2 is 1.50 bits per heavy atom. The van der Waals surface area contributed by atoms with Gasteiger partial charge in [-0.1, -0.05) is 27.2 Å². The van der Waals surface area contributed by atoms with Crippen molar-refractivity contribution in [3.8, 4) is 0 Å². The minimum absolute atomic E-state index is 0.0404. The first-order valence-electron chi connectivity index (χ1n) is 6.30. The summed E-state index contributed by atoms with van der Waals surface area (Å²) >= 11 is 0. The Labute approximate surface area is 101 Å². The zero-order valence-corrected chi connectivity index (χ0v) is 11.9. The number of carbonyl (C=O) groups is 1. The summed E-state index contributed by atoms with van der Waals surface area (Å²) < 4.78 is 5.62. The van der Waals surface area contributed by atoms with E-state index < -0.39 is 0 Å². The van der Waals surface area contributed by atoms with Crippen molar-refractivity contribution in [1.82, 2.24) is 0 Å². The first kappa shape index (κ1) is 15.6. The first-order chi connectivity index (χ1) is 7.13. The number of carbonyl (C=O) groups excluding carboxylic acids is 1. The molecule has 0 aromatic carbocycles. The SMILES string of the molecule is CC(C)(C)OCCCCCC(=O)C(C)(C)C. The standard InChI is InChI=1S/C14H28O2/c1-13(2,3)12(15)10-8-7-9-11-16-14(4,5)6/h7-11H2,1-6H3. The predicted octanol–water partition coefficient (Wildman–Crippen LogP) is 3.98. The summed E-state index contributed by atoms with van der Waals surface area (Å²) in [7, 11) is 0. The molecule has 0 aliphatic carbocycles. The maximum atomic E-state index is 11.6. The molecule has 0 saturated carbocycles. The molecule has 0 amide bonds. The summed E-state index contributed by atoms with van der Waals surface area (Å²) in [6.07, 6.45) is 3.83. The van der Waals surface area contributed by atoms with Crippen LogP contribution in [0.2, 0.25) is 0 Å². The Hall–Kier alpha value is -0.370. The Balaban J connectivity index is 3.45. The van der Waals surface area contributed by atoms with E-state index in [2.05, 4.69) is 20.8 Å². The fraction of sp³-hybridized carbons (Fsp3) is 0.929. The lowest BCUT2D eigenvalue weighted by Crippen LogP contribution is -2.20. The van der Waals surface area contributed by atoms with Gasteiger partial charge in [-0.3, -0.25) is 4.79 Å². The molecule has 0 aliphatic heterocycles. The van der Waals surface area contributed by atoms with Gasteiger partial charge in [-0.2, -0.15) is 0 Å². The van der Waals surface area contributed by atoms with Gasteiger partial charge in [-0.05, 0) is 33.6 Å². The van der Waals surface area contributed by atoms with Crippen molar-refractivity contribution in [1.29, 1.82) is 0 Å². The second kappa shape index (κ2) is 6.39. The van der Waals surface area contributed by atoms with Crippen LogP contribution in [0.3, 0.4) is 0 Å². The summed E-state index contributed by atoms with van der Waals surface area (Å²) in [4.78, 5) is 11.6. The molecular weight excluding hydrogens is 200 g/mol. The smallest absolute Gasteiger partial charge is 0.138 e. The highest BCUT2D eigenvalue weighted by Gasteiger charge is 2.19. The Bertz CT molecular complexity index is 206. The van der Waals surface area contributed by atoms with Crippen molar-refractivity contribution in [3.05, 3.63) is 0 Å². The highest BCUT2D eigenvalue weighted by Crippen LogP contribution is 2.18. The summed E-state index contributed by atoms with van der Waals surface area (Å²) in [6, 6.07) is 0. The minimum atomic E-state index is -0.179. The molecule has 16 heavy (non-hydrogen) atoms. The van der Waals surface area contributed by atoms with Crippen LogP contribution in [-0.4, -0.2) is 18.0 Å². The maximum absolute atomic E-state index is 11.6. The fourth-order valence-electron chi connectivity index (χ4n) is 1.32. The van der Waals surface area contributed by atoms with Crippen LogP contribution in [0.25, 0.3) is 0 Å². The third-order valence-corrected chi connectivity index (χ3v) is 2.42. The van der Waals surface area contributed by atoms with Crippen molar-refractivity contribution >= 4 is 5.78 Å². The first-order valence-corrected chi connectivity index (χ1v) is 6.30. The number of rotatable bonds is 6. The predicted molar refractivity (Wildman–Crippen MR) is 68.6 cm³/mol. The van der Waals surface area contributed by atoms with Crippen molar-refractivity contribution in [2.24, 2.45) is 5.41 Å². The molecule has 0 radical (unpaired) electrons. The molecule has 0 aromatic rings. The van der Waals surface area contributed by atoms with Gasteiger partial charge >= 0.3 is 0 Å². The van der Waals surface area contributed by atoms with Crippen LogP contribution in [0.5, 0.6) is 0 Å². The van der Waals surface area contributed by atoms with E-state index in [0.29, 0.717) is 12.2 Å². The van der Waals surface area contributed by atoms with Gasteiger partial charge in [-0.15, -0.1) is 0 Å². The molecule has 0 bridgehead atoms. The van der Waals surface area contributed by atoms with Gasteiger partial charge < -0.3 is 4.74 Å². The lowest BCUT2D eigenvalue weighted by molar-refractivity contribution is -0.126. The lowest BCUT2D eigenvalue weighted by Gasteiger charge is -2.19. The Morgan fingerprint density at radius 3 is 1.94 bits per heavy atom. The van der Waals surface area contributed by atoms with E-state index in [4.69, 9.17) is 4.74 Å². The molecule has 0 saturated heterocycles. The second-order valence-corrected chi connectivity index (χ2v) is 6.44. The molecule has 2 heteroatoms. The number of unbranched alkanes of at least 4 members (excludes halogenated alkanes) is 2. The molecular formula is C14H28O2. The largest absolute Gasteiger partial charge is 0.376 e. The molecule has 0 spiro atoms. The van der Waals surface area contributed by atoms with Crippen LogP contribution in [-0.2, 0) is 9.53 Å². The van der Waals surface area contributed by atoms with E-state index in [-0.39, 0.29) is 11.0 Å². The molecule has 0 unspecified atom stereocenters. The van der Waals surface area contributed by atoms with Crippen molar-refractivity contribution in [2.75, 3.05) is 6.61 Å². The van der Waals surface area contributed by atoms with Crippen molar-refractivity contribution < 1.29 is 9.53 Å². The van der Waals surface area contributed by atoms with E-state index >= 15 is 0 Å². The van der Waals surface area contributed by atoms with Crippen LogP contribution in [0.1, 0.15) is 67.2 Å². The van der Waals surface area contributed by atoms with Crippen LogP contribution in [0, 0.1) is 5.41 Å². The van der Waals surface area contributed by atoms with Crippen LogP contribution in [0.4, 0.5) is 0 Å². The van der Waals surface area contributed by atoms with Crippen molar-refractivity contribution in [3.63, 3.8) is 0 Å². The number of ether oxygens (including phenoxy) is 1. The minimum Gasteiger partial charge on any atom is -0.376 e. The molecule has 0 rings (SSSR count). The quantitative estimate of drug-likeness (QED) is 0.643. The zero-order chi connectivity index (χ0) is 12.8. The average Bonchev–Trinajstić information content (AvgIpc) is 2.07. The number of hydrogen-bond acceptors (Lipinski definition) is 2. The summed E-state index contributed by atoms with van der Waals surface area (Å²) in [5.41, 5.74) is -0.219. The van der Waals surface area contributed by atoms with Gasteiger partial charge in [0.2, 0.25) is 0 Å². The molecule has 0 N–H and O–H groups in total. The van der Waals surface area contributed by atoms with E-state index in [9.17, 15) is 4.79 Å². The van der Waals surface area contributed by atoms with E-state index in [0.717, 1.165) is 25.9 Å². The number of Topliss-reactive ketones (excluding diaryl/α,β-unsaturated/α-hetero) is 1. The highest BCUT2D eigenvalue weighted by molar-refractivity contribution is 5.83. The lowest BCUT2D eigenvalue weighted by atomic mass is 9.88. The van der Waals surface area contributed by atoms with Gasteiger partial charge in [0.15, 0.2) is 0 Å². The topological polar surface area (TPSA) is 26.3 Å². The van der Waals surface area contributed by atoms with E-state index in [1.54, 1.807) is 0 Å². The average molecular weight is 228 g/mol. The maximum Gasteiger partial charge on any atom is 0.138 e. The van der Waals surface area contributed by atoms with Gasteiger partial charge in [-0.25, -0.2) is 0 Å². The number of hydrogen-bond donors (Lipinski definition) is 0. The Kier molecular flexibility index (Phi) is 6.24. The molecule has 0 fully saturated rings. The monoisotopic (exact) mass is 228 g/mol. The molecule has 0 aromatic heterocycles. The summed E-state index contributed by atoms with van der Waals surface area (Å²) in [6.45, 7) is 12.9. The molecule has 0 atom stereocenters. The van der Waals surface area contributed by atoms with Crippen LogP contribution in [0.15, 0.2) is 0 Å². The van der Waals surface area contributed by atoms with E-state index in [1.165, 1.54) is 0 Å². The highest BCUT2D eigenvalue weighted by atomic mass is 16.5. The zero-order valence-electron chi connectivity index (χ0n) is 11.9. The van der Waals surface area contributed by atoms with E-state index in [1.807, 2.05) is 20.8 Å². The van der Waals surface area contributed by atoms with Gasteiger partial charge in [0, 0.05) is 18.4 Å². The Morgan fingerprint density at radius 1 is 0.938 bits per heavy atom. The third kappa shape index (κ3) is 8.90. The van der Waals surface area contributed by atoms with Gasteiger partial charge in [0.25, 0.3) is 0 Å². The summed E-state index contributed by atoms with van der Waals surface area (Å²) in [5.74, 6) is 0.365. The van der Waals surface area contributed by atoms with Crippen molar-refractivity contribution in [2.45, 2.75) is 72.8 Å². The third-order valence-electron chi connectivity index (χ3n) is 2.42. The summed E-state index contributed by atoms with van der Waals surface area (Å²) in [5, 5.41) is 0. The fourth-order valence-corrected chi connectivity index (χ4v) is 1.32. The van der Waals surface area contributed by atoms with Crippen LogP contribution >= 0.6 is 0 Å². The molecule has 96 valence electrons. The van der Waals surface area contributed by atoms with Gasteiger partial charge in [0.05, 0.1) is 5.60 Å². The van der Waals surface area contributed by atoms with Gasteiger partial charge in [0.1, 0.15) is 5.78 Å². The van der Waals surface area contributed by atoms with Crippen LogP contribution < -0.4 is 0 Å².